The summed E-state index contributed by atoms with van der Waals surface area (Å²) in [6, 6.07) is 12.2. The van der Waals surface area contributed by atoms with Crippen LogP contribution < -0.4 is 0 Å². The fourth-order valence-corrected chi connectivity index (χ4v) is 5.44. The quantitative estimate of drug-likeness (QED) is 0.706. The Balaban J connectivity index is 1.40. The molecule has 2 aromatic rings. The van der Waals surface area contributed by atoms with E-state index in [9.17, 15) is 22.4 Å². The maximum Gasteiger partial charge on any atom is 0.253 e. The third-order valence-electron chi connectivity index (χ3n) is 5.68. The number of carbonyl (C=O) groups is 2. The summed E-state index contributed by atoms with van der Waals surface area (Å²) in [5.41, 5.74) is 1.42. The van der Waals surface area contributed by atoms with Gasteiger partial charge in [0.15, 0.2) is 0 Å². The van der Waals surface area contributed by atoms with Gasteiger partial charge in [-0.2, -0.15) is 4.31 Å². The number of benzene rings is 2. The van der Waals surface area contributed by atoms with Crippen LogP contribution in [0.15, 0.2) is 53.4 Å². The van der Waals surface area contributed by atoms with E-state index in [1.165, 1.54) is 22.5 Å². The maximum atomic E-state index is 13.4. The molecule has 2 fully saturated rings. The third-order valence-corrected chi connectivity index (χ3v) is 7.57. The second-order valence-corrected chi connectivity index (χ2v) is 9.71. The third kappa shape index (κ3) is 4.62. The summed E-state index contributed by atoms with van der Waals surface area (Å²) < 4.78 is 40.2. The van der Waals surface area contributed by atoms with Gasteiger partial charge in [-0.15, -0.1) is 0 Å². The first-order valence-corrected chi connectivity index (χ1v) is 11.7. The molecule has 31 heavy (non-hydrogen) atoms. The number of hydrogen-bond donors (Lipinski definition) is 0. The van der Waals surface area contributed by atoms with Crippen molar-refractivity contribution in [2.45, 2.75) is 24.3 Å². The predicted molar refractivity (Wildman–Crippen MR) is 112 cm³/mol. The highest BCUT2D eigenvalue weighted by molar-refractivity contribution is 7.89. The molecule has 2 aliphatic rings. The Morgan fingerprint density at radius 2 is 1.71 bits per heavy atom. The number of hydrogen-bond acceptors (Lipinski definition) is 4. The average molecular weight is 446 g/mol. The summed E-state index contributed by atoms with van der Waals surface area (Å²) >= 11 is 0. The smallest absolute Gasteiger partial charge is 0.253 e. The van der Waals surface area contributed by atoms with Gasteiger partial charge in [-0.05, 0) is 42.3 Å². The Hall–Kier alpha value is -2.78. The highest BCUT2D eigenvalue weighted by Crippen LogP contribution is 2.20. The highest BCUT2D eigenvalue weighted by Gasteiger charge is 2.31. The van der Waals surface area contributed by atoms with Crippen molar-refractivity contribution in [2.24, 2.45) is 0 Å². The number of halogens is 1. The van der Waals surface area contributed by atoms with E-state index in [1.807, 2.05) is 6.07 Å². The Bertz CT molecular complexity index is 1100. The lowest BCUT2D eigenvalue weighted by Crippen LogP contribution is -2.50. The largest absolute Gasteiger partial charge is 0.338 e. The summed E-state index contributed by atoms with van der Waals surface area (Å²) in [6.45, 7) is 2.02. The average Bonchev–Trinajstić information content (AvgIpc) is 3.18. The van der Waals surface area contributed by atoms with Crippen molar-refractivity contribution in [3.05, 3.63) is 65.5 Å². The van der Waals surface area contributed by atoms with E-state index >= 15 is 0 Å². The predicted octanol–water partition coefficient (Wildman–Crippen LogP) is 2.09. The second kappa shape index (κ2) is 8.76. The first-order chi connectivity index (χ1) is 14.8. The molecule has 0 N–H and O–H groups in total. The molecule has 9 heteroatoms. The normalized spacial score (nSPS) is 17.9. The molecule has 0 aliphatic carbocycles. The van der Waals surface area contributed by atoms with Crippen molar-refractivity contribution in [1.82, 2.24) is 14.1 Å². The van der Waals surface area contributed by atoms with E-state index in [0.717, 1.165) is 24.6 Å². The van der Waals surface area contributed by atoms with Crippen LogP contribution in [0.3, 0.4) is 0 Å². The Labute approximate surface area is 181 Å². The molecule has 0 spiro atoms. The van der Waals surface area contributed by atoms with E-state index in [4.69, 9.17) is 0 Å². The van der Waals surface area contributed by atoms with Crippen LogP contribution >= 0.6 is 0 Å². The standard InChI is InChI=1S/C22H24FN3O4S/c23-19-6-2-7-20(15-19)31(29,30)26-12-10-24(11-13-26)22(28)18-5-1-4-17(14-18)16-25-9-3-8-21(25)27/h1-2,4-7,14-15H,3,8-13,16H2. The molecule has 2 saturated heterocycles. The lowest BCUT2D eigenvalue weighted by molar-refractivity contribution is -0.128. The van der Waals surface area contributed by atoms with Crippen LogP contribution in [0.2, 0.25) is 0 Å². The minimum atomic E-state index is -3.81. The van der Waals surface area contributed by atoms with Gasteiger partial charge >= 0.3 is 0 Å². The summed E-state index contributed by atoms with van der Waals surface area (Å²) in [4.78, 5) is 28.1. The van der Waals surface area contributed by atoms with E-state index in [2.05, 4.69) is 0 Å². The highest BCUT2D eigenvalue weighted by atomic mass is 32.2. The molecule has 0 unspecified atom stereocenters. The molecule has 2 aliphatic heterocycles. The van der Waals surface area contributed by atoms with Crippen LogP contribution in [0.5, 0.6) is 0 Å². The van der Waals surface area contributed by atoms with Crippen molar-refractivity contribution in [2.75, 3.05) is 32.7 Å². The van der Waals surface area contributed by atoms with Crippen molar-refractivity contribution in [3.63, 3.8) is 0 Å². The van der Waals surface area contributed by atoms with Gasteiger partial charge in [0.2, 0.25) is 15.9 Å². The van der Waals surface area contributed by atoms with Gasteiger partial charge < -0.3 is 9.80 Å². The zero-order chi connectivity index (χ0) is 22.0. The Morgan fingerprint density at radius 1 is 0.968 bits per heavy atom. The number of rotatable bonds is 5. The van der Waals surface area contributed by atoms with Gasteiger partial charge in [-0.1, -0.05) is 18.2 Å². The monoisotopic (exact) mass is 445 g/mol. The van der Waals surface area contributed by atoms with Crippen molar-refractivity contribution in [1.29, 1.82) is 0 Å². The summed E-state index contributed by atoms with van der Waals surface area (Å²) in [6.07, 6.45) is 1.43. The zero-order valence-corrected chi connectivity index (χ0v) is 17.9. The lowest BCUT2D eigenvalue weighted by atomic mass is 10.1. The fraction of sp³-hybridized carbons (Fsp3) is 0.364. The lowest BCUT2D eigenvalue weighted by Gasteiger charge is -2.34. The number of nitrogens with zero attached hydrogens (tertiary/aromatic N) is 3. The molecule has 0 bridgehead atoms. The maximum absolute atomic E-state index is 13.4. The molecule has 2 amide bonds. The van der Waals surface area contributed by atoms with Gasteiger partial charge in [0.1, 0.15) is 5.82 Å². The molecule has 0 radical (unpaired) electrons. The van der Waals surface area contributed by atoms with Crippen LogP contribution in [0.4, 0.5) is 4.39 Å². The van der Waals surface area contributed by atoms with Crippen LogP contribution in [-0.2, 0) is 21.4 Å². The van der Waals surface area contributed by atoms with Gasteiger partial charge in [0, 0.05) is 51.3 Å². The van der Waals surface area contributed by atoms with E-state index in [1.54, 1.807) is 28.0 Å². The van der Waals surface area contributed by atoms with Gasteiger partial charge in [-0.3, -0.25) is 9.59 Å². The van der Waals surface area contributed by atoms with Crippen molar-refractivity contribution in [3.8, 4) is 0 Å². The molecule has 4 rings (SSSR count). The van der Waals surface area contributed by atoms with Gasteiger partial charge in [-0.25, -0.2) is 12.8 Å². The molecule has 7 nitrogen and oxygen atoms in total. The molecule has 0 atom stereocenters. The summed E-state index contributed by atoms with van der Waals surface area (Å²) in [7, 11) is -3.81. The topological polar surface area (TPSA) is 78.0 Å². The summed E-state index contributed by atoms with van der Waals surface area (Å²) in [5.74, 6) is -0.643. The van der Waals surface area contributed by atoms with Crippen LogP contribution in [0.25, 0.3) is 0 Å². The zero-order valence-electron chi connectivity index (χ0n) is 17.0. The van der Waals surface area contributed by atoms with Crippen LogP contribution in [-0.4, -0.2) is 67.1 Å². The number of sulfonamides is 1. The molecular formula is C22H24FN3O4S. The minimum Gasteiger partial charge on any atom is -0.338 e. The van der Waals surface area contributed by atoms with E-state index in [-0.39, 0.29) is 42.9 Å². The van der Waals surface area contributed by atoms with E-state index < -0.39 is 15.8 Å². The minimum absolute atomic E-state index is 0.0866. The summed E-state index contributed by atoms with van der Waals surface area (Å²) in [5, 5.41) is 0. The fourth-order valence-electron chi connectivity index (χ4n) is 3.98. The Morgan fingerprint density at radius 3 is 2.39 bits per heavy atom. The van der Waals surface area contributed by atoms with E-state index in [0.29, 0.717) is 18.5 Å². The van der Waals surface area contributed by atoms with Crippen LogP contribution in [0.1, 0.15) is 28.8 Å². The van der Waals surface area contributed by atoms with Crippen molar-refractivity contribution >= 4 is 21.8 Å². The molecule has 0 saturated carbocycles. The number of piperazine rings is 1. The van der Waals surface area contributed by atoms with Gasteiger partial charge in [0.25, 0.3) is 5.91 Å². The first-order valence-electron chi connectivity index (χ1n) is 10.3. The number of amides is 2. The first kappa shape index (κ1) is 21.5. The van der Waals surface area contributed by atoms with Crippen molar-refractivity contribution < 1.29 is 22.4 Å². The molecule has 2 aromatic carbocycles. The van der Waals surface area contributed by atoms with Crippen LogP contribution in [0, 0.1) is 5.82 Å². The Kier molecular flexibility index (Phi) is 6.06. The molecule has 2 heterocycles. The molecular weight excluding hydrogens is 421 g/mol. The SMILES string of the molecule is O=C1CCCN1Cc1cccc(C(=O)N2CCN(S(=O)(=O)c3cccc(F)c3)CC2)c1. The number of likely N-dealkylation sites (tertiary alicyclic amines) is 1. The number of carbonyl (C=O) groups excluding carboxylic acids is 2. The molecule has 164 valence electrons. The van der Waals surface area contributed by atoms with Gasteiger partial charge in [0.05, 0.1) is 4.90 Å². The second-order valence-electron chi connectivity index (χ2n) is 7.77. The molecule has 0 aromatic heterocycles.